The Balaban J connectivity index is 2.03. The van der Waals surface area contributed by atoms with Gasteiger partial charge in [0, 0.05) is 12.6 Å². The lowest BCUT2D eigenvalue weighted by atomic mass is 10.0. The largest absolute Gasteiger partial charge is 0.478 e. The summed E-state index contributed by atoms with van der Waals surface area (Å²) in [5.74, 6) is -0.990. The van der Waals surface area contributed by atoms with Gasteiger partial charge in [-0.05, 0) is 38.6 Å². The van der Waals surface area contributed by atoms with Crippen LogP contribution in [0.1, 0.15) is 29.6 Å². The smallest absolute Gasteiger partial charge is 0.337 e. The molecule has 104 valence electrons. The van der Waals surface area contributed by atoms with Crippen molar-refractivity contribution in [3.05, 3.63) is 23.8 Å². The van der Waals surface area contributed by atoms with Gasteiger partial charge in [0.15, 0.2) is 0 Å². The van der Waals surface area contributed by atoms with E-state index >= 15 is 0 Å². The Morgan fingerprint density at radius 3 is 3.00 bits per heavy atom. The Morgan fingerprint density at radius 1 is 1.53 bits per heavy atom. The number of piperidine rings is 1. The van der Waals surface area contributed by atoms with E-state index < -0.39 is 5.97 Å². The fourth-order valence-corrected chi connectivity index (χ4v) is 2.54. The van der Waals surface area contributed by atoms with Gasteiger partial charge >= 0.3 is 5.97 Å². The van der Waals surface area contributed by atoms with E-state index in [-0.39, 0.29) is 5.56 Å². The SMILES string of the molecule is CN1CCCCC1CNc1cccc(C(=O)O)c1N. The molecule has 4 N–H and O–H groups in total. The van der Waals surface area contributed by atoms with E-state index in [9.17, 15) is 4.79 Å². The predicted octanol–water partition coefficient (Wildman–Crippen LogP) is 1.86. The number of aromatic carboxylic acids is 1. The summed E-state index contributed by atoms with van der Waals surface area (Å²) < 4.78 is 0. The van der Waals surface area contributed by atoms with Crippen LogP contribution >= 0.6 is 0 Å². The van der Waals surface area contributed by atoms with Crippen LogP contribution < -0.4 is 11.1 Å². The summed E-state index contributed by atoms with van der Waals surface area (Å²) in [4.78, 5) is 13.4. The number of nitrogen functional groups attached to an aromatic ring is 1. The predicted molar refractivity (Wildman–Crippen MR) is 76.6 cm³/mol. The number of nitrogens with zero attached hydrogens (tertiary/aromatic N) is 1. The molecule has 0 bridgehead atoms. The summed E-state index contributed by atoms with van der Waals surface area (Å²) in [7, 11) is 2.13. The highest BCUT2D eigenvalue weighted by molar-refractivity contribution is 5.97. The molecule has 0 aliphatic carbocycles. The molecule has 5 nitrogen and oxygen atoms in total. The van der Waals surface area contributed by atoms with Crippen LogP contribution in [0.25, 0.3) is 0 Å². The van der Waals surface area contributed by atoms with Crippen molar-refractivity contribution in [1.82, 2.24) is 4.90 Å². The van der Waals surface area contributed by atoms with Crippen molar-refractivity contribution in [3.8, 4) is 0 Å². The van der Waals surface area contributed by atoms with E-state index in [4.69, 9.17) is 10.8 Å². The minimum Gasteiger partial charge on any atom is -0.478 e. The second-order valence-electron chi connectivity index (χ2n) is 5.08. The Kier molecular flexibility index (Phi) is 4.27. The van der Waals surface area contributed by atoms with Crippen LogP contribution in [0.2, 0.25) is 0 Å². The highest BCUT2D eigenvalue weighted by Gasteiger charge is 2.19. The van der Waals surface area contributed by atoms with Gasteiger partial charge in [-0.25, -0.2) is 4.79 Å². The molecule has 1 fully saturated rings. The molecule has 0 aromatic heterocycles. The van der Waals surface area contributed by atoms with E-state index in [1.165, 1.54) is 25.3 Å². The molecule has 1 saturated heterocycles. The van der Waals surface area contributed by atoms with Gasteiger partial charge in [0.25, 0.3) is 0 Å². The molecule has 0 saturated carbocycles. The van der Waals surface area contributed by atoms with Crippen molar-refractivity contribution < 1.29 is 9.90 Å². The first-order valence-corrected chi connectivity index (χ1v) is 6.65. The summed E-state index contributed by atoms with van der Waals surface area (Å²) in [5, 5.41) is 12.3. The number of nitrogens with two attached hydrogens (primary N) is 1. The molecule has 1 aromatic rings. The number of rotatable bonds is 4. The van der Waals surface area contributed by atoms with E-state index in [2.05, 4.69) is 17.3 Å². The number of likely N-dealkylation sites (tertiary alicyclic amines) is 1. The van der Waals surface area contributed by atoms with Crippen molar-refractivity contribution >= 4 is 17.3 Å². The standard InChI is InChI=1S/C14H21N3O2/c1-17-8-3-2-5-10(17)9-16-12-7-4-6-11(13(12)15)14(18)19/h4,6-7,10,16H,2-3,5,8-9,15H2,1H3,(H,18,19). The number of carbonyl (C=O) groups is 1. The van der Waals surface area contributed by atoms with Gasteiger partial charge in [-0.2, -0.15) is 0 Å². The minimum atomic E-state index is -0.990. The second-order valence-corrected chi connectivity index (χ2v) is 5.08. The molecular formula is C14H21N3O2. The van der Waals surface area contributed by atoms with Crippen LogP contribution in [0.3, 0.4) is 0 Å². The minimum absolute atomic E-state index is 0.155. The number of nitrogens with one attached hydrogen (secondary N) is 1. The van der Waals surface area contributed by atoms with Crippen molar-refractivity contribution in [3.63, 3.8) is 0 Å². The number of benzene rings is 1. The summed E-state index contributed by atoms with van der Waals surface area (Å²) in [5.41, 5.74) is 7.05. The van der Waals surface area contributed by atoms with Crippen molar-refractivity contribution in [2.24, 2.45) is 0 Å². The number of anilines is 2. The third-order valence-electron chi connectivity index (χ3n) is 3.79. The molecule has 1 aliphatic heterocycles. The van der Waals surface area contributed by atoms with E-state index in [0.29, 0.717) is 17.4 Å². The molecule has 1 atom stereocenters. The summed E-state index contributed by atoms with van der Waals surface area (Å²) >= 11 is 0. The average molecular weight is 263 g/mol. The highest BCUT2D eigenvalue weighted by Crippen LogP contribution is 2.23. The van der Waals surface area contributed by atoms with Gasteiger partial charge in [-0.15, -0.1) is 0 Å². The Bertz CT molecular complexity index is 462. The third-order valence-corrected chi connectivity index (χ3v) is 3.79. The van der Waals surface area contributed by atoms with Crippen LogP contribution in [0.5, 0.6) is 0 Å². The molecule has 2 rings (SSSR count). The fourth-order valence-electron chi connectivity index (χ4n) is 2.54. The van der Waals surface area contributed by atoms with Crippen LogP contribution in [0.4, 0.5) is 11.4 Å². The van der Waals surface area contributed by atoms with E-state index in [1.807, 2.05) is 6.07 Å². The number of carboxylic acid groups (broad SMARTS) is 1. The van der Waals surface area contributed by atoms with Crippen LogP contribution in [0.15, 0.2) is 18.2 Å². The zero-order chi connectivity index (χ0) is 13.8. The molecular weight excluding hydrogens is 242 g/mol. The number of likely N-dealkylation sites (N-methyl/N-ethyl adjacent to an activating group) is 1. The molecule has 0 amide bonds. The van der Waals surface area contributed by atoms with E-state index in [0.717, 1.165) is 13.1 Å². The molecule has 0 radical (unpaired) electrons. The first-order valence-electron chi connectivity index (χ1n) is 6.65. The maximum absolute atomic E-state index is 11.0. The number of carboxylic acids is 1. The van der Waals surface area contributed by atoms with Crippen LogP contribution in [-0.4, -0.2) is 42.2 Å². The zero-order valence-corrected chi connectivity index (χ0v) is 11.2. The summed E-state index contributed by atoms with van der Waals surface area (Å²) in [6, 6.07) is 5.55. The summed E-state index contributed by atoms with van der Waals surface area (Å²) in [6.07, 6.45) is 3.67. The topological polar surface area (TPSA) is 78.6 Å². The monoisotopic (exact) mass is 263 g/mol. The number of hydrogen-bond acceptors (Lipinski definition) is 4. The molecule has 19 heavy (non-hydrogen) atoms. The van der Waals surface area contributed by atoms with Gasteiger partial charge in [-0.3, -0.25) is 0 Å². The van der Waals surface area contributed by atoms with Gasteiger partial charge in [0.1, 0.15) is 0 Å². The Hall–Kier alpha value is -1.75. The van der Waals surface area contributed by atoms with Crippen molar-refractivity contribution in [1.29, 1.82) is 0 Å². The third kappa shape index (κ3) is 3.17. The first kappa shape index (κ1) is 13.7. The first-order chi connectivity index (χ1) is 9.09. The fraction of sp³-hybridized carbons (Fsp3) is 0.500. The second kappa shape index (κ2) is 5.93. The molecule has 0 spiro atoms. The lowest BCUT2D eigenvalue weighted by molar-refractivity contribution is 0.0698. The van der Waals surface area contributed by atoms with Gasteiger partial charge in [-0.1, -0.05) is 12.5 Å². The van der Waals surface area contributed by atoms with Crippen LogP contribution in [0, 0.1) is 0 Å². The molecule has 5 heteroatoms. The lowest BCUT2D eigenvalue weighted by Crippen LogP contribution is -2.40. The molecule has 1 heterocycles. The molecule has 1 unspecified atom stereocenters. The highest BCUT2D eigenvalue weighted by atomic mass is 16.4. The van der Waals surface area contributed by atoms with Gasteiger partial charge in [0.2, 0.25) is 0 Å². The summed E-state index contributed by atoms with van der Waals surface area (Å²) in [6.45, 7) is 1.92. The Labute approximate surface area is 113 Å². The quantitative estimate of drug-likeness (QED) is 0.723. The number of para-hydroxylation sites is 1. The average Bonchev–Trinajstić information content (AvgIpc) is 2.39. The maximum Gasteiger partial charge on any atom is 0.337 e. The normalized spacial score (nSPS) is 20.2. The van der Waals surface area contributed by atoms with E-state index in [1.54, 1.807) is 6.07 Å². The zero-order valence-electron chi connectivity index (χ0n) is 11.2. The molecule has 1 aliphatic rings. The van der Waals surface area contributed by atoms with Crippen molar-refractivity contribution in [2.75, 3.05) is 31.2 Å². The Morgan fingerprint density at radius 2 is 2.32 bits per heavy atom. The van der Waals surface area contributed by atoms with Gasteiger partial charge < -0.3 is 21.1 Å². The van der Waals surface area contributed by atoms with Crippen LogP contribution in [-0.2, 0) is 0 Å². The lowest BCUT2D eigenvalue weighted by Gasteiger charge is -2.32. The number of hydrogen-bond donors (Lipinski definition) is 3. The van der Waals surface area contributed by atoms with Crippen molar-refractivity contribution in [2.45, 2.75) is 25.3 Å². The molecule has 1 aromatic carbocycles. The maximum atomic E-state index is 11.0. The van der Waals surface area contributed by atoms with Gasteiger partial charge in [0.05, 0.1) is 16.9 Å².